The van der Waals surface area contributed by atoms with Gasteiger partial charge >= 0.3 is 0 Å². The van der Waals surface area contributed by atoms with E-state index in [-0.39, 0.29) is 5.91 Å². The Morgan fingerprint density at radius 1 is 1.44 bits per heavy atom. The lowest BCUT2D eigenvalue weighted by Crippen LogP contribution is -2.34. The third-order valence-electron chi connectivity index (χ3n) is 3.79. The SMILES string of the molecule is CC(C1CC1)N1Cc2cccc(N)c2C1=O. The van der Waals surface area contributed by atoms with Gasteiger partial charge in [0.15, 0.2) is 0 Å². The molecule has 1 heterocycles. The van der Waals surface area contributed by atoms with E-state index < -0.39 is 0 Å². The summed E-state index contributed by atoms with van der Waals surface area (Å²) < 4.78 is 0. The smallest absolute Gasteiger partial charge is 0.256 e. The van der Waals surface area contributed by atoms with Crippen molar-refractivity contribution in [3.63, 3.8) is 0 Å². The molecular formula is C13H16N2O. The highest BCUT2D eigenvalue weighted by atomic mass is 16.2. The summed E-state index contributed by atoms with van der Waals surface area (Å²) in [5.74, 6) is 0.826. The molecule has 0 radical (unpaired) electrons. The third-order valence-corrected chi connectivity index (χ3v) is 3.79. The van der Waals surface area contributed by atoms with E-state index in [2.05, 4.69) is 6.92 Å². The van der Waals surface area contributed by atoms with Crippen LogP contribution >= 0.6 is 0 Å². The molecule has 0 aromatic heterocycles. The molecule has 1 amide bonds. The first kappa shape index (κ1) is 9.70. The number of anilines is 1. The predicted molar refractivity (Wildman–Crippen MR) is 62.9 cm³/mol. The van der Waals surface area contributed by atoms with Crippen LogP contribution in [0.4, 0.5) is 5.69 Å². The van der Waals surface area contributed by atoms with Crippen molar-refractivity contribution in [1.29, 1.82) is 0 Å². The molecule has 1 unspecified atom stereocenters. The van der Waals surface area contributed by atoms with Crippen LogP contribution in [0.3, 0.4) is 0 Å². The highest BCUT2D eigenvalue weighted by molar-refractivity contribution is 6.03. The van der Waals surface area contributed by atoms with Crippen molar-refractivity contribution >= 4 is 11.6 Å². The number of rotatable bonds is 2. The van der Waals surface area contributed by atoms with E-state index in [1.54, 1.807) is 0 Å². The Balaban J connectivity index is 1.94. The van der Waals surface area contributed by atoms with Crippen LogP contribution in [0.2, 0.25) is 0 Å². The fourth-order valence-corrected chi connectivity index (χ4v) is 2.57. The minimum Gasteiger partial charge on any atom is -0.398 e. The van der Waals surface area contributed by atoms with Crippen LogP contribution in [-0.2, 0) is 6.54 Å². The molecule has 2 aliphatic rings. The first-order chi connectivity index (χ1) is 7.68. The molecule has 1 aliphatic carbocycles. The van der Waals surface area contributed by atoms with E-state index in [4.69, 9.17) is 5.73 Å². The fraction of sp³-hybridized carbons (Fsp3) is 0.462. The van der Waals surface area contributed by atoms with E-state index in [1.807, 2.05) is 23.1 Å². The van der Waals surface area contributed by atoms with Crippen LogP contribution in [-0.4, -0.2) is 16.8 Å². The molecule has 2 N–H and O–H groups in total. The molecule has 1 fully saturated rings. The highest BCUT2D eigenvalue weighted by Gasteiger charge is 2.38. The molecule has 3 nitrogen and oxygen atoms in total. The number of benzene rings is 1. The second-order valence-corrected chi connectivity index (χ2v) is 4.89. The van der Waals surface area contributed by atoms with Gasteiger partial charge in [-0.25, -0.2) is 0 Å². The first-order valence-corrected chi connectivity index (χ1v) is 5.87. The summed E-state index contributed by atoms with van der Waals surface area (Å²) >= 11 is 0. The molecule has 3 rings (SSSR count). The van der Waals surface area contributed by atoms with Crippen molar-refractivity contribution in [2.75, 3.05) is 5.73 Å². The highest BCUT2D eigenvalue weighted by Crippen LogP contribution is 2.39. The van der Waals surface area contributed by atoms with Gasteiger partial charge in [-0.3, -0.25) is 4.79 Å². The van der Waals surface area contributed by atoms with Crippen molar-refractivity contribution in [1.82, 2.24) is 4.90 Å². The summed E-state index contributed by atoms with van der Waals surface area (Å²) in [5.41, 5.74) is 8.30. The van der Waals surface area contributed by atoms with E-state index in [1.165, 1.54) is 12.8 Å². The molecular weight excluding hydrogens is 200 g/mol. The molecule has 1 aliphatic heterocycles. The lowest BCUT2D eigenvalue weighted by molar-refractivity contribution is 0.0698. The monoisotopic (exact) mass is 216 g/mol. The molecule has 1 aromatic rings. The van der Waals surface area contributed by atoms with Crippen molar-refractivity contribution < 1.29 is 4.79 Å². The number of nitrogens with zero attached hydrogens (tertiary/aromatic N) is 1. The Hall–Kier alpha value is -1.51. The largest absolute Gasteiger partial charge is 0.398 e. The number of carbonyl (C=O) groups is 1. The Bertz CT molecular complexity index is 451. The number of carbonyl (C=O) groups excluding carboxylic acids is 1. The number of nitrogens with two attached hydrogens (primary N) is 1. The minimum absolute atomic E-state index is 0.118. The van der Waals surface area contributed by atoms with Crippen LogP contribution in [0.1, 0.15) is 35.7 Å². The van der Waals surface area contributed by atoms with Gasteiger partial charge in [0, 0.05) is 18.3 Å². The Kier molecular flexibility index (Phi) is 1.96. The fourth-order valence-electron chi connectivity index (χ4n) is 2.57. The molecule has 0 saturated heterocycles. The second kappa shape index (κ2) is 3.24. The summed E-state index contributed by atoms with van der Waals surface area (Å²) in [6, 6.07) is 6.09. The van der Waals surface area contributed by atoms with Gasteiger partial charge in [-0.1, -0.05) is 12.1 Å². The van der Waals surface area contributed by atoms with Gasteiger partial charge in [-0.15, -0.1) is 0 Å². The van der Waals surface area contributed by atoms with Gasteiger partial charge in [-0.2, -0.15) is 0 Å². The maximum Gasteiger partial charge on any atom is 0.256 e. The van der Waals surface area contributed by atoms with Gasteiger partial charge in [0.2, 0.25) is 0 Å². The van der Waals surface area contributed by atoms with Crippen LogP contribution < -0.4 is 5.73 Å². The molecule has 1 aromatic carbocycles. The first-order valence-electron chi connectivity index (χ1n) is 5.87. The number of amides is 1. The molecule has 16 heavy (non-hydrogen) atoms. The maximum atomic E-state index is 12.2. The minimum atomic E-state index is 0.118. The summed E-state index contributed by atoms with van der Waals surface area (Å²) in [6.45, 7) is 2.88. The number of hydrogen-bond acceptors (Lipinski definition) is 2. The average molecular weight is 216 g/mol. The number of nitrogen functional groups attached to an aromatic ring is 1. The lowest BCUT2D eigenvalue weighted by Gasteiger charge is -2.23. The van der Waals surface area contributed by atoms with E-state index in [9.17, 15) is 4.79 Å². The van der Waals surface area contributed by atoms with E-state index in [0.29, 0.717) is 17.6 Å². The zero-order chi connectivity index (χ0) is 11.3. The predicted octanol–water partition coefficient (Wildman–Crippen LogP) is 2.02. The lowest BCUT2D eigenvalue weighted by atomic mass is 10.1. The Labute approximate surface area is 95.2 Å². The molecule has 84 valence electrons. The average Bonchev–Trinajstić information content (AvgIpc) is 3.04. The topological polar surface area (TPSA) is 46.3 Å². The maximum absolute atomic E-state index is 12.2. The summed E-state index contributed by atoms with van der Waals surface area (Å²) in [4.78, 5) is 14.2. The molecule has 0 spiro atoms. The molecule has 1 saturated carbocycles. The van der Waals surface area contributed by atoms with Crippen molar-refractivity contribution in [3.8, 4) is 0 Å². The van der Waals surface area contributed by atoms with Gasteiger partial charge in [-0.05, 0) is 37.3 Å². The van der Waals surface area contributed by atoms with Gasteiger partial charge in [0.05, 0.1) is 5.56 Å². The van der Waals surface area contributed by atoms with Crippen LogP contribution in [0.25, 0.3) is 0 Å². The molecule has 0 bridgehead atoms. The summed E-state index contributed by atoms with van der Waals surface area (Å²) in [7, 11) is 0. The zero-order valence-corrected chi connectivity index (χ0v) is 9.44. The van der Waals surface area contributed by atoms with Crippen molar-refractivity contribution in [2.24, 2.45) is 5.92 Å². The second-order valence-electron chi connectivity index (χ2n) is 4.89. The molecule has 1 atom stereocenters. The zero-order valence-electron chi connectivity index (χ0n) is 9.44. The van der Waals surface area contributed by atoms with Crippen LogP contribution in [0.15, 0.2) is 18.2 Å². The third kappa shape index (κ3) is 1.31. The molecule has 3 heteroatoms. The Morgan fingerprint density at radius 3 is 2.81 bits per heavy atom. The van der Waals surface area contributed by atoms with Gasteiger partial charge in [0.1, 0.15) is 0 Å². The van der Waals surface area contributed by atoms with Crippen molar-refractivity contribution in [3.05, 3.63) is 29.3 Å². The van der Waals surface area contributed by atoms with Gasteiger partial charge < -0.3 is 10.6 Å². The summed E-state index contributed by atoms with van der Waals surface area (Å²) in [6.07, 6.45) is 2.52. The van der Waals surface area contributed by atoms with Crippen LogP contribution in [0.5, 0.6) is 0 Å². The number of hydrogen-bond donors (Lipinski definition) is 1. The Morgan fingerprint density at radius 2 is 2.19 bits per heavy atom. The van der Waals surface area contributed by atoms with Gasteiger partial charge in [0.25, 0.3) is 5.91 Å². The van der Waals surface area contributed by atoms with Crippen LogP contribution in [0, 0.1) is 5.92 Å². The quantitative estimate of drug-likeness (QED) is 0.769. The normalized spacial score (nSPS) is 21.1. The van der Waals surface area contributed by atoms with Crippen molar-refractivity contribution in [2.45, 2.75) is 32.4 Å². The number of fused-ring (bicyclic) bond motifs is 1. The van der Waals surface area contributed by atoms with E-state index in [0.717, 1.165) is 17.7 Å². The standard InChI is InChI=1S/C13H16N2O/c1-8(9-5-6-9)15-7-10-3-2-4-11(14)12(10)13(15)16/h2-4,8-9H,5-7,14H2,1H3. The van der Waals surface area contributed by atoms with E-state index >= 15 is 0 Å². The summed E-state index contributed by atoms with van der Waals surface area (Å²) in [5, 5.41) is 0.